The molecule has 0 amide bonds. The summed E-state index contributed by atoms with van der Waals surface area (Å²) >= 11 is 0. The average Bonchev–Trinajstić information content (AvgIpc) is 3.52. The molecule has 2 atom stereocenters. The van der Waals surface area contributed by atoms with Gasteiger partial charge in [0.25, 0.3) is 0 Å². The van der Waals surface area contributed by atoms with Gasteiger partial charge in [-0.1, -0.05) is 61.5 Å². The minimum Gasteiger partial charge on any atom is -0.447 e. The Kier molecular flexibility index (Phi) is 6.47. The van der Waals surface area contributed by atoms with E-state index in [1.54, 1.807) is 0 Å². The predicted molar refractivity (Wildman–Crippen MR) is 115 cm³/mol. The second-order valence-electron chi connectivity index (χ2n) is 8.02. The third-order valence-electron chi connectivity index (χ3n) is 6.12. The molecule has 4 rings (SSSR count). The Morgan fingerprint density at radius 1 is 1.07 bits per heavy atom. The van der Waals surface area contributed by atoms with Gasteiger partial charge >= 0.3 is 5.97 Å². The molecule has 0 heterocycles. The van der Waals surface area contributed by atoms with E-state index < -0.39 is 5.60 Å². The van der Waals surface area contributed by atoms with Gasteiger partial charge in [-0.3, -0.25) is 9.69 Å². The Morgan fingerprint density at radius 3 is 2.43 bits per heavy atom. The van der Waals surface area contributed by atoms with E-state index in [-0.39, 0.29) is 24.4 Å². The van der Waals surface area contributed by atoms with Crippen molar-refractivity contribution < 1.29 is 9.53 Å². The van der Waals surface area contributed by atoms with E-state index in [2.05, 4.69) is 48.3 Å². The summed E-state index contributed by atoms with van der Waals surface area (Å²) in [4.78, 5) is 15.1. The fourth-order valence-electron chi connectivity index (χ4n) is 4.61. The van der Waals surface area contributed by atoms with Gasteiger partial charge in [-0.15, -0.1) is 12.4 Å². The van der Waals surface area contributed by atoms with Crippen molar-refractivity contribution in [1.29, 1.82) is 0 Å². The maximum absolute atomic E-state index is 12.6. The summed E-state index contributed by atoms with van der Waals surface area (Å²) in [6, 6.07) is 19.0. The Balaban J connectivity index is 0.00000225. The van der Waals surface area contributed by atoms with Crippen LogP contribution in [0.3, 0.4) is 0 Å². The Hall–Kier alpha value is -1.84. The van der Waals surface area contributed by atoms with Crippen LogP contribution in [0.15, 0.2) is 54.6 Å². The minimum absolute atomic E-state index is 0. The molecule has 2 aromatic carbocycles. The molecule has 2 aliphatic carbocycles. The number of nitrogens with zero attached hydrogens (tertiary/aromatic N) is 1. The van der Waals surface area contributed by atoms with Crippen LogP contribution in [0, 0.1) is 5.92 Å². The van der Waals surface area contributed by atoms with Crippen LogP contribution in [-0.2, 0) is 21.6 Å². The van der Waals surface area contributed by atoms with Crippen molar-refractivity contribution in [3.8, 4) is 0 Å². The fourth-order valence-corrected chi connectivity index (χ4v) is 4.61. The highest BCUT2D eigenvalue weighted by atomic mass is 35.5. The SMILES string of the molecule is CCC(=O)O[C@@]1(c2ccccc2)c2ccccc2CC[C@H]1N(C)CC1CC1.Cl. The number of hydrogen-bond donors (Lipinski definition) is 0. The highest BCUT2D eigenvalue weighted by Crippen LogP contribution is 2.46. The van der Waals surface area contributed by atoms with Crippen molar-refractivity contribution >= 4 is 18.4 Å². The van der Waals surface area contributed by atoms with Crippen LogP contribution in [0.25, 0.3) is 0 Å². The maximum Gasteiger partial charge on any atom is 0.306 e. The summed E-state index contributed by atoms with van der Waals surface area (Å²) in [5.74, 6) is 0.655. The quantitative estimate of drug-likeness (QED) is 0.643. The standard InChI is InChI=1S/C24H29NO2.ClH/c1-3-23(26)27-24(20-10-5-4-6-11-20)21-12-8-7-9-19(21)15-16-22(24)25(2)17-18-13-14-18;/h4-12,18,22H,3,13-17H2,1-2H3;1H/t22-,24+;/m1./s1. The van der Waals surface area contributed by atoms with Crippen LogP contribution in [0.2, 0.25) is 0 Å². The molecule has 2 aromatic rings. The highest BCUT2D eigenvalue weighted by Gasteiger charge is 2.51. The number of likely N-dealkylation sites (N-methyl/N-ethyl adjacent to an activating group) is 1. The average molecular weight is 400 g/mol. The third-order valence-corrected chi connectivity index (χ3v) is 6.12. The summed E-state index contributed by atoms with van der Waals surface area (Å²) in [6.45, 7) is 2.95. The van der Waals surface area contributed by atoms with Gasteiger partial charge in [0.15, 0.2) is 5.60 Å². The van der Waals surface area contributed by atoms with Gasteiger partial charge in [0, 0.05) is 24.1 Å². The molecular formula is C24H30ClNO2. The fraction of sp³-hybridized carbons (Fsp3) is 0.458. The first kappa shape index (κ1) is 20.9. The number of rotatable bonds is 6. The van der Waals surface area contributed by atoms with Gasteiger partial charge in [-0.25, -0.2) is 0 Å². The molecule has 0 radical (unpaired) electrons. The van der Waals surface area contributed by atoms with Gasteiger partial charge in [0.05, 0.1) is 6.04 Å². The molecule has 0 aromatic heterocycles. The van der Waals surface area contributed by atoms with E-state index in [9.17, 15) is 4.79 Å². The summed E-state index contributed by atoms with van der Waals surface area (Å²) in [5.41, 5.74) is 2.78. The molecule has 1 fully saturated rings. The van der Waals surface area contributed by atoms with E-state index in [4.69, 9.17) is 4.74 Å². The smallest absolute Gasteiger partial charge is 0.306 e. The van der Waals surface area contributed by atoms with Crippen LogP contribution in [0.1, 0.15) is 49.3 Å². The summed E-state index contributed by atoms with van der Waals surface area (Å²) in [5, 5.41) is 0. The van der Waals surface area contributed by atoms with Crippen molar-refractivity contribution in [1.82, 2.24) is 4.90 Å². The first-order valence-electron chi connectivity index (χ1n) is 10.2. The molecule has 1 saturated carbocycles. The normalized spacial score (nSPS) is 23.6. The maximum atomic E-state index is 12.6. The Morgan fingerprint density at radius 2 is 1.75 bits per heavy atom. The lowest BCUT2D eigenvalue weighted by Gasteiger charge is -2.48. The molecule has 0 N–H and O–H groups in total. The summed E-state index contributed by atoms with van der Waals surface area (Å²) in [7, 11) is 2.20. The molecule has 3 nitrogen and oxygen atoms in total. The molecule has 28 heavy (non-hydrogen) atoms. The first-order valence-corrected chi connectivity index (χ1v) is 10.2. The lowest BCUT2D eigenvalue weighted by molar-refractivity contribution is -0.164. The second kappa shape index (κ2) is 8.67. The lowest BCUT2D eigenvalue weighted by Crippen LogP contribution is -2.55. The minimum atomic E-state index is -0.743. The molecule has 150 valence electrons. The van der Waals surface area contributed by atoms with Gasteiger partial charge < -0.3 is 4.74 Å². The van der Waals surface area contributed by atoms with Crippen molar-refractivity contribution in [3.05, 3.63) is 71.3 Å². The topological polar surface area (TPSA) is 29.5 Å². The monoisotopic (exact) mass is 399 g/mol. The van der Waals surface area contributed by atoms with Crippen LogP contribution in [0.4, 0.5) is 0 Å². The Labute approximate surface area is 174 Å². The molecule has 4 heteroatoms. The van der Waals surface area contributed by atoms with E-state index in [0.717, 1.165) is 36.4 Å². The number of hydrogen-bond acceptors (Lipinski definition) is 3. The summed E-state index contributed by atoms with van der Waals surface area (Å²) < 4.78 is 6.40. The molecular weight excluding hydrogens is 370 g/mol. The van der Waals surface area contributed by atoms with E-state index in [1.165, 1.54) is 18.4 Å². The number of carbonyl (C=O) groups excluding carboxylic acids is 1. The number of benzene rings is 2. The zero-order valence-electron chi connectivity index (χ0n) is 16.8. The molecule has 0 saturated heterocycles. The van der Waals surface area contributed by atoms with E-state index in [0.29, 0.717) is 6.42 Å². The van der Waals surface area contributed by atoms with Gasteiger partial charge in [0.1, 0.15) is 0 Å². The Bertz CT molecular complexity index is 805. The first-order chi connectivity index (χ1) is 13.1. The van der Waals surface area contributed by atoms with Crippen LogP contribution < -0.4 is 0 Å². The molecule has 0 unspecified atom stereocenters. The van der Waals surface area contributed by atoms with Crippen molar-refractivity contribution in [2.45, 2.75) is 50.7 Å². The number of halogens is 1. The largest absolute Gasteiger partial charge is 0.447 e. The zero-order valence-corrected chi connectivity index (χ0v) is 17.6. The summed E-state index contributed by atoms with van der Waals surface area (Å²) in [6.07, 6.45) is 5.04. The number of ether oxygens (including phenoxy) is 1. The number of fused-ring (bicyclic) bond motifs is 1. The number of aryl methyl sites for hydroxylation is 1. The van der Waals surface area contributed by atoms with Crippen LogP contribution >= 0.6 is 12.4 Å². The van der Waals surface area contributed by atoms with Gasteiger partial charge in [0.2, 0.25) is 0 Å². The second-order valence-corrected chi connectivity index (χ2v) is 8.02. The van der Waals surface area contributed by atoms with E-state index >= 15 is 0 Å². The van der Waals surface area contributed by atoms with Crippen LogP contribution in [0.5, 0.6) is 0 Å². The number of esters is 1. The van der Waals surface area contributed by atoms with E-state index in [1.807, 2.05) is 25.1 Å². The van der Waals surface area contributed by atoms with Gasteiger partial charge in [-0.05, 0) is 44.2 Å². The number of carbonyl (C=O) groups is 1. The molecule has 0 bridgehead atoms. The van der Waals surface area contributed by atoms with Crippen LogP contribution in [-0.4, -0.2) is 30.5 Å². The van der Waals surface area contributed by atoms with Crippen molar-refractivity contribution in [2.24, 2.45) is 5.92 Å². The molecule has 2 aliphatic rings. The van der Waals surface area contributed by atoms with Crippen molar-refractivity contribution in [3.63, 3.8) is 0 Å². The zero-order chi connectivity index (χ0) is 18.9. The van der Waals surface area contributed by atoms with Gasteiger partial charge in [-0.2, -0.15) is 0 Å². The lowest BCUT2D eigenvalue weighted by atomic mass is 9.70. The molecule has 0 aliphatic heterocycles. The predicted octanol–water partition coefficient (Wildman–Crippen LogP) is 4.96. The highest BCUT2D eigenvalue weighted by molar-refractivity contribution is 5.85. The van der Waals surface area contributed by atoms with Crippen molar-refractivity contribution in [2.75, 3.05) is 13.6 Å². The third kappa shape index (κ3) is 3.83. The molecule has 0 spiro atoms.